The monoisotopic (exact) mass is 404 g/mol. The highest BCUT2D eigenvalue weighted by atomic mass is 79.9. The van der Waals surface area contributed by atoms with Crippen molar-refractivity contribution in [2.75, 3.05) is 7.11 Å². The van der Waals surface area contributed by atoms with E-state index in [1.165, 1.54) is 0 Å². The zero-order valence-corrected chi connectivity index (χ0v) is 14.4. The van der Waals surface area contributed by atoms with Crippen molar-refractivity contribution >= 4 is 31.9 Å². The van der Waals surface area contributed by atoms with Crippen LogP contribution in [0.3, 0.4) is 0 Å². The number of aliphatic hydroxyl groups is 1. The van der Waals surface area contributed by atoms with Crippen LogP contribution in [0.1, 0.15) is 11.3 Å². The number of rotatable bonds is 4. The first kappa shape index (κ1) is 15.3. The second kappa shape index (κ2) is 6.15. The molecule has 2 rings (SSSR count). The summed E-state index contributed by atoms with van der Waals surface area (Å²) in [5.41, 5.74) is 1.42. The normalized spacial score (nSPS) is 10.7. The molecule has 0 atom stereocenters. The zero-order valence-electron chi connectivity index (χ0n) is 11.3. The van der Waals surface area contributed by atoms with Gasteiger partial charge in [0.1, 0.15) is 11.5 Å². The fourth-order valence-electron chi connectivity index (χ4n) is 1.84. The maximum absolute atomic E-state index is 9.42. The van der Waals surface area contributed by atoms with Crippen LogP contribution >= 0.6 is 31.9 Å². The molecule has 0 saturated carbocycles. The lowest BCUT2D eigenvalue weighted by Crippen LogP contribution is -1.98. The van der Waals surface area contributed by atoms with Gasteiger partial charge in [0.15, 0.2) is 0 Å². The Balaban J connectivity index is 2.43. The predicted octanol–water partition coefficient (Wildman–Crippen LogP) is 3.55. The Morgan fingerprint density at radius 3 is 2.45 bits per heavy atom. The largest absolute Gasteiger partial charge is 0.496 e. The van der Waals surface area contributed by atoms with Crippen LogP contribution in [-0.4, -0.2) is 22.0 Å². The average Bonchev–Trinajstić information content (AvgIpc) is 2.67. The lowest BCUT2D eigenvalue weighted by atomic mass is 10.2. The van der Waals surface area contributed by atoms with Crippen LogP contribution in [0.25, 0.3) is 0 Å². The van der Waals surface area contributed by atoms with E-state index in [4.69, 9.17) is 9.47 Å². The minimum Gasteiger partial charge on any atom is -0.496 e. The molecule has 7 heteroatoms. The summed E-state index contributed by atoms with van der Waals surface area (Å²) in [6, 6.07) is 3.60. The highest BCUT2D eigenvalue weighted by Crippen LogP contribution is 2.39. The van der Waals surface area contributed by atoms with Gasteiger partial charge in [0, 0.05) is 7.05 Å². The second-order valence-electron chi connectivity index (χ2n) is 4.17. The highest BCUT2D eigenvalue weighted by Gasteiger charge is 2.17. The van der Waals surface area contributed by atoms with Gasteiger partial charge < -0.3 is 14.6 Å². The molecule has 0 saturated heterocycles. The van der Waals surface area contributed by atoms with E-state index in [9.17, 15) is 5.11 Å². The number of aliphatic hydroxyl groups excluding tert-OH is 1. The fourth-order valence-corrected chi connectivity index (χ4v) is 2.73. The van der Waals surface area contributed by atoms with Gasteiger partial charge in [-0.15, -0.1) is 0 Å². The van der Waals surface area contributed by atoms with Crippen molar-refractivity contribution in [2.45, 2.75) is 13.5 Å². The standard InChI is InChI=1S/C13H14Br2N2O3/c1-7-8(6-18)13(17(2)16-7)20-12-5-9(14)11(19-3)4-10(12)15/h4-5,18H,6H2,1-3H3. The van der Waals surface area contributed by atoms with Crippen LogP contribution in [0, 0.1) is 6.92 Å². The highest BCUT2D eigenvalue weighted by molar-refractivity contribution is 9.11. The number of hydrogen-bond donors (Lipinski definition) is 1. The lowest BCUT2D eigenvalue weighted by Gasteiger charge is -2.12. The lowest BCUT2D eigenvalue weighted by molar-refractivity contribution is 0.274. The quantitative estimate of drug-likeness (QED) is 0.844. The molecule has 1 aromatic carbocycles. The third kappa shape index (κ3) is 2.84. The first-order valence-electron chi connectivity index (χ1n) is 5.82. The van der Waals surface area contributed by atoms with Crippen molar-refractivity contribution in [1.82, 2.24) is 9.78 Å². The van der Waals surface area contributed by atoms with Gasteiger partial charge in [-0.25, -0.2) is 4.68 Å². The van der Waals surface area contributed by atoms with Gasteiger partial charge in [-0.2, -0.15) is 5.10 Å². The molecule has 0 fully saturated rings. The molecule has 0 unspecified atom stereocenters. The van der Waals surface area contributed by atoms with Gasteiger partial charge in [-0.05, 0) is 50.9 Å². The van der Waals surface area contributed by atoms with Crippen LogP contribution in [0.2, 0.25) is 0 Å². The summed E-state index contributed by atoms with van der Waals surface area (Å²) in [6.45, 7) is 1.71. The predicted molar refractivity (Wildman–Crippen MR) is 82.3 cm³/mol. The molecule has 108 valence electrons. The summed E-state index contributed by atoms with van der Waals surface area (Å²) < 4.78 is 14.2. The van der Waals surface area contributed by atoms with E-state index < -0.39 is 0 Å². The molecule has 0 aliphatic heterocycles. The SMILES string of the molecule is COc1cc(Br)c(Oc2c(CO)c(C)nn2C)cc1Br. The molecule has 0 spiro atoms. The number of benzene rings is 1. The van der Waals surface area contributed by atoms with Gasteiger partial charge in [-0.1, -0.05) is 0 Å². The number of aryl methyl sites for hydroxylation is 2. The Morgan fingerprint density at radius 1 is 1.25 bits per heavy atom. The summed E-state index contributed by atoms with van der Waals surface area (Å²) in [4.78, 5) is 0. The zero-order chi connectivity index (χ0) is 14.9. The molecule has 1 aromatic heterocycles. The maximum Gasteiger partial charge on any atom is 0.223 e. The van der Waals surface area contributed by atoms with E-state index in [2.05, 4.69) is 37.0 Å². The minimum absolute atomic E-state index is 0.121. The topological polar surface area (TPSA) is 56.5 Å². The summed E-state index contributed by atoms with van der Waals surface area (Å²) in [5.74, 6) is 1.82. The molecule has 0 aliphatic carbocycles. The summed E-state index contributed by atoms with van der Waals surface area (Å²) in [7, 11) is 3.37. The molecular formula is C13H14Br2N2O3. The van der Waals surface area contributed by atoms with Gasteiger partial charge >= 0.3 is 0 Å². The molecule has 0 amide bonds. The first-order chi connectivity index (χ1) is 9.47. The number of hydrogen-bond acceptors (Lipinski definition) is 4. The van der Waals surface area contributed by atoms with E-state index in [0.717, 1.165) is 14.6 Å². The number of aromatic nitrogens is 2. The van der Waals surface area contributed by atoms with Crippen LogP contribution in [-0.2, 0) is 13.7 Å². The van der Waals surface area contributed by atoms with Crippen LogP contribution in [0.5, 0.6) is 17.4 Å². The molecule has 0 aliphatic rings. The van der Waals surface area contributed by atoms with E-state index in [-0.39, 0.29) is 6.61 Å². The minimum atomic E-state index is -0.121. The van der Waals surface area contributed by atoms with E-state index >= 15 is 0 Å². The van der Waals surface area contributed by atoms with Gasteiger partial charge in [0.25, 0.3) is 0 Å². The summed E-state index contributed by atoms with van der Waals surface area (Å²) >= 11 is 6.86. The maximum atomic E-state index is 9.42. The van der Waals surface area contributed by atoms with Gasteiger partial charge in [0.2, 0.25) is 5.88 Å². The Labute approximate surface area is 133 Å². The summed E-state index contributed by atoms with van der Waals surface area (Å²) in [6.07, 6.45) is 0. The average molecular weight is 406 g/mol. The third-order valence-corrected chi connectivity index (χ3v) is 4.10. The van der Waals surface area contributed by atoms with Gasteiger partial charge in [-0.3, -0.25) is 0 Å². The molecule has 5 nitrogen and oxygen atoms in total. The molecule has 0 bridgehead atoms. The summed E-state index contributed by atoms with van der Waals surface area (Å²) in [5, 5.41) is 13.7. The fraction of sp³-hybridized carbons (Fsp3) is 0.308. The molecule has 1 heterocycles. The number of halogens is 2. The second-order valence-corrected chi connectivity index (χ2v) is 5.88. The van der Waals surface area contributed by atoms with Crippen molar-refractivity contribution in [3.05, 3.63) is 32.3 Å². The van der Waals surface area contributed by atoms with Crippen LogP contribution in [0.4, 0.5) is 0 Å². The third-order valence-electron chi connectivity index (χ3n) is 2.86. The molecule has 1 N–H and O–H groups in total. The Kier molecular flexibility index (Phi) is 4.72. The molecule has 2 aromatic rings. The van der Waals surface area contributed by atoms with Crippen molar-refractivity contribution in [3.8, 4) is 17.4 Å². The van der Waals surface area contributed by atoms with E-state index in [0.29, 0.717) is 22.9 Å². The van der Waals surface area contributed by atoms with Crippen molar-refractivity contribution in [2.24, 2.45) is 7.05 Å². The van der Waals surface area contributed by atoms with Crippen LogP contribution < -0.4 is 9.47 Å². The van der Waals surface area contributed by atoms with Gasteiger partial charge in [0.05, 0.1) is 33.9 Å². The molecule has 20 heavy (non-hydrogen) atoms. The Bertz CT molecular complexity index is 641. The van der Waals surface area contributed by atoms with Crippen LogP contribution in [0.15, 0.2) is 21.1 Å². The van der Waals surface area contributed by atoms with Crippen molar-refractivity contribution in [3.63, 3.8) is 0 Å². The Morgan fingerprint density at radius 2 is 1.85 bits per heavy atom. The molecular weight excluding hydrogens is 392 g/mol. The molecule has 0 radical (unpaired) electrons. The number of ether oxygens (including phenoxy) is 2. The number of nitrogens with zero attached hydrogens (tertiary/aromatic N) is 2. The first-order valence-corrected chi connectivity index (χ1v) is 7.40. The number of methoxy groups -OCH3 is 1. The van der Waals surface area contributed by atoms with Crippen molar-refractivity contribution < 1.29 is 14.6 Å². The Hall–Kier alpha value is -1.05. The van der Waals surface area contributed by atoms with Crippen molar-refractivity contribution in [1.29, 1.82) is 0 Å². The van der Waals surface area contributed by atoms with E-state index in [1.807, 2.05) is 6.92 Å². The smallest absolute Gasteiger partial charge is 0.223 e. The van der Waals surface area contributed by atoms with E-state index in [1.54, 1.807) is 31.0 Å².